The highest BCUT2D eigenvalue weighted by Crippen LogP contribution is 2.27. The number of methoxy groups -OCH3 is 1. The van der Waals surface area contributed by atoms with Crippen LogP contribution in [-0.4, -0.2) is 50.3 Å². The van der Waals surface area contributed by atoms with Crippen LogP contribution in [0.1, 0.15) is 27.9 Å². The van der Waals surface area contributed by atoms with Crippen molar-refractivity contribution in [3.8, 4) is 5.75 Å². The number of benzene rings is 1. The molecule has 1 saturated heterocycles. The first-order chi connectivity index (χ1) is 12.6. The zero-order valence-corrected chi connectivity index (χ0v) is 16.3. The van der Waals surface area contributed by atoms with Gasteiger partial charge in [0.1, 0.15) is 10.6 Å². The summed E-state index contributed by atoms with van der Waals surface area (Å²) < 4.78 is 10.8. The molecule has 2 heterocycles. The molecular formula is C19H25N3O3S. The molecule has 26 heavy (non-hydrogen) atoms. The van der Waals surface area contributed by atoms with Gasteiger partial charge in [0.2, 0.25) is 0 Å². The number of nitrogens with zero attached hydrogens (tertiary/aromatic N) is 2. The number of carbonyl (C=O) groups excluding carboxylic acids is 1. The number of rotatable bonds is 6. The summed E-state index contributed by atoms with van der Waals surface area (Å²) in [5.41, 5.74) is 1.86. The Kier molecular flexibility index (Phi) is 6.11. The first-order valence-corrected chi connectivity index (χ1v) is 9.63. The summed E-state index contributed by atoms with van der Waals surface area (Å²) in [7, 11) is 1.66. The van der Waals surface area contributed by atoms with Crippen molar-refractivity contribution in [1.29, 1.82) is 0 Å². The summed E-state index contributed by atoms with van der Waals surface area (Å²) >= 11 is 1.45. The van der Waals surface area contributed by atoms with Crippen LogP contribution in [0.4, 0.5) is 5.13 Å². The maximum Gasteiger partial charge on any atom is 0.263 e. The number of aryl methyl sites for hydroxylation is 1. The summed E-state index contributed by atoms with van der Waals surface area (Å²) in [5, 5.41) is 3.98. The average Bonchev–Trinajstić information content (AvgIpc) is 3.05. The summed E-state index contributed by atoms with van der Waals surface area (Å²) in [6.45, 7) is 6.94. The monoisotopic (exact) mass is 375 g/mol. The Labute approximate surface area is 158 Å². The van der Waals surface area contributed by atoms with Crippen molar-refractivity contribution in [3.63, 3.8) is 0 Å². The highest BCUT2D eigenvalue weighted by Gasteiger charge is 2.21. The average molecular weight is 375 g/mol. The Morgan fingerprint density at radius 2 is 2.12 bits per heavy atom. The number of aromatic nitrogens is 1. The molecule has 7 heteroatoms. The molecule has 0 spiro atoms. The Balaban J connectivity index is 1.65. The van der Waals surface area contributed by atoms with Crippen molar-refractivity contribution >= 4 is 22.4 Å². The molecule has 2 aromatic rings. The molecule has 0 aliphatic carbocycles. The van der Waals surface area contributed by atoms with Gasteiger partial charge < -0.3 is 19.7 Å². The van der Waals surface area contributed by atoms with Crippen molar-refractivity contribution in [1.82, 2.24) is 10.3 Å². The van der Waals surface area contributed by atoms with Gasteiger partial charge in [0.25, 0.3) is 5.91 Å². The molecule has 0 saturated carbocycles. The van der Waals surface area contributed by atoms with Crippen molar-refractivity contribution in [2.24, 2.45) is 0 Å². The van der Waals surface area contributed by atoms with Gasteiger partial charge in [0, 0.05) is 19.1 Å². The Bertz CT molecular complexity index is 756. The smallest absolute Gasteiger partial charge is 0.263 e. The van der Waals surface area contributed by atoms with Crippen molar-refractivity contribution in [3.05, 3.63) is 40.4 Å². The van der Waals surface area contributed by atoms with Crippen LogP contribution in [0, 0.1) is 6.92 Å². The van der Waals surface area contributed by atoms with Crippen LogP contribution < -0.4 is 15.0 Å². The minimum absolute atomic E-state index is 0.00728. The van der Waals surface area contributed by atoms with Gasteiger partial charge in [-0.2, -0.15) is 0 Å². The van der Waals surface area contributed by atoms with Gasteiger partial charge in [-0.05, 0) is 31.9 Å². The molecule has 3 rings (SSSR count). The summed E-state index contributed by atoms with van der Waals surface area (Å²) in [6, 6.07) is 7.88. The SMILES string of the molecule is COc1ccccc1C[C@@H](C)NC(=O)c1sc(N2CCOCC2)nc1C. The molecule has 1 fully saturated rings. The van der Waals surface area contributed by atoms with Gasteiger partial charge in [-0.1, -0.05) is 29.5 Å². The minimum Gasteiger partial charge on any atom is -0.496 e. The molecule has 1 aromatic carbocycles. The molecule has 1 aromatic heterocycles. The molecule has 0 radical (unpaired) electrons. The molecule has 140 valence electrons. The number of hydrogen-bond donors (Lipinski definition) is 1. The molecule has 1 aliphatic rings. The normalized spacial score (nSPS) is 15.6. The van der Waals surface area contributed by atoms with E-state index < -0.39 is 0 Å². The van der Waals surface area contributed by atoms with E-state index in [-0.39, 0.29) is 11.9 Å². The van der Waals surface area contributed by atoms with Crippen LogP contribution in [0.25, 0.3) is 0 Å². The molecule has 1 aliphatic heterocycles. The lowest BCUT2D eigenvalue weighted by atomic mass is 10.1. The molecule has 6 nitrogen and oxygen atoms in total. The fourth-order valence-electron chi connectivity index (χ4n) is 3.02. The van der Waals surface area contributed by atoms with E-state index in [4.69, 9.17) is 9.47 Å². The number of anilines is 1. The van der Waals surface area contributed by atoms with Crippen molar-refractivity contribution in [2.45, 2.75) is 26.3 Å². The van der Waals surface area contributed by atoms with Crippen LogP contribution in [-0.2, 0) is 11.2 Å². The lowest BCUT2D eigenvalue weighted by molar-refractivity contribution is 0.0943. The third-order valence-corrected chi connectivity index (χ3v) is 5.59. The molecule has 1 atom stereocenters. The van der Waals surface area contributed by atoms with Gasteiger partial charge in [-0.15, -0.1) is 0 Å². The van der Waals surface area contributed by atoms with E-state index in [0.29, 0.717) is 24.5 Å². The zero-order valence-electron chi connectivity index (χ0n) is 15.4. The quantitative estimate of drug-likeness (QED) is 0.841. The van der Waals surface area contributed by atoms with E-state index in [1.807, 2.05) is 38.1 Å². The molecule has 1 amide bonds. The zero-order chi connectivity index (χ0) is 18.5. The lowest BCUT2D eigenvalue weighted by Crippen LogP contribution is -2.36. The largest absolute Gasteiger partial charge is 0.496 e. The highest BCUT2D eigenvalue weighted by atomic mass is 32.1. The van der Waals surface area contributed by atoms with Crippen LogP contribution in [0.3, 0.4) is 0 Å². The molecule has 1 N–H and O–H groups in total. The Hall–Kier alpha value is -2.12. The number of nitrogens with one attached hydrogen (secondary N) is 1. The number of carbonyl (C=O) groups is 1. The number of morpholine rings is 1. The number of para-hydroxylation sites is 1. The first-order valence-electron chi connectivity index (χ1n) is 8.81. The predicted octanol–water partition coefficient (Wildman–Crippen LogP) is 2.66. The third-order valence-electron chi connectivity index (χ3n) is 4.37. The summed E-state index contributed by atoms with van der Waals surface area (Å²) in [5.74, 6) is 0.777. The van der Waals surface area contributed by atoms with Crippen LogP contribution in [0.5, 0.6) is 5.75 Å². The van der Waals surface area contributed by atoms with Gasteiger partial charge in [-0.3, -0.25) is 4.79 Å². The van der Waals surface area contributed by atoms with Crippen LogP contribution in [0.15, 0.2) is 24.3 Å². The Morgan fingerprint density at radius 3 is 2.85 bits per heavy atom. The molecule has 0 bridgehead atoms. The van der Waals surface area contributed by atoms with E-state index in [1.54, 1.807) is 7.11 Å². The second-order valence-corrected chi connectivity index (χ2v) is 7.38. The summed E-state index contributed by atoms with van der Waals surface area (Å²) in [6.07, 6.45) is 0.712. The Morgan fingerprint density at radius 1 is 1.38 bits per heavy atom. The van der Waals surface area contributed by atoms with Crippen LogP contribution in [0.2, 0.25) is 0 Å². The van der Waals surface area contributed by atoms with E-state index in [2.05, 4.69) is 15.2 Å². The summed E-state index contributed by atoms with van der Waals surface area (Å²) in [4.78, 5) is 20.1. The lowest BCUT2D eigenvalue weighted by Gasteiger charge is -2.26. The maximum absolute atomic E-state index is 12.7. The first kappa shape index (κ1) is 18.7. The number of thiazole rings is 1. The van der Waals surface area contributed by atoms with Crippen molar-refractivity contribution < 1.29 is 14.3 Å². The van der Waals surface area contributed by atoms with E-state index in [9.17, 15) is 4.79 Å². The topological polar surface area (TPSA) is 63.7 Å². The van der Waals surface area contributed by atoms with E-state index in [1.165, 1.54) is 11.3 Å². The van der Waals surface area contributed by atoms with Gasteiger partial charge in [0.05, 0.1) is 26.0 Å². The van der Waals surface area contributed by atoms with Crippen molar-refractivity contribution in [2.75, 3.05) is 38.3 Å². The minimum atomic E-state index is -0.0677. The number of amides is 1. The fraction of sp³-hybridized carbons (Fsp3) is 0.474. The number of ether oxygens (including phenoxy) is 2. The second kappa shape index (κ2) is 8.51. The van der Waals surface area contributed by atoms with E-state index in [0.717, 1.165) is 35.2 Å². The maximum atomic E-state index is 12.7. The van der Waals surface area contributed by atoms with E-state index >= 15 is 0 Å². The molecule has 0 unspecified atom stereocenters. The molecular weight excluding hydrogens is 350 g/mol. The predicted molar refractivity (Wildman–Crippen MR) is 104 cm³/mol. The highest BCUT2D eigenvalue weighted by molar-refractivity contribution is 7.17. The van der Waals surface area contributed by atoms with Crippen LogP contribution >= 0.6 is 11.3 Å². The third kappa shape index (κ3) is 4.34. The number of hydrogen-bond acceptors (Lipinski definition) is 6. The van der Waals surface area contributed by atoms with Gasteiger partial charge in [-0.25, -0.2) is 4.98 Å². The second-order valence-electron chi connectivity index (χ2n) is 6.40. The van der Waals surface area contributed by atoms with Gasteiger partial charge in [0.15, 0.2) is 5.13 Å². The standard InChI is InChI=1S/C19H25N3O3S/c1-13(12-15-6-4-5-7-16(15)24-3)20-18(23)17-14(2)21-19(26-17)22-8-10-25-11-9-22/h4-7,13H,8-12H2,1-3H3,(H,20,23)/t13-/m1/s1. The van der Waals surface area contributed by atoms with Gasteiger partial charge >= 0.3 is 0 Å². The fourth-order valence-corrected chi connectivity index (χ4v) is 4.05.